The summed E-state index contributed by atoms with van der Waals surface area (Å²) in [6, 6.07) is 7.86. The molecule has 1 saturated heterocycles. The van der Waals surface area contributed by atoms with Crippen molar-refractivity contribution in [1.29, 1.82) is 0 Å². The van der Waals surface area contributed by atoms with E-state index in [2.05, 4.69) is 26.8 Å². The fourth-order valence-electron chi connectivity index (χ4n) is 4.04. The highest BCUT2D eigenvalue weighted by atomic mass is 31.2. The first-order valence-corrected chi connectivity index (χ1v) is 14.1. The Morgan fingerprint density at radius 1 is 1.32 bits per heavy atom. The number of carbonyl (C=O) groups excluding carboxylic acids is 1. The number of imidazole rings is 1. The highest BCUT2D eigenvalue weighted by Crippen LogP contribution is 2.51. The predicted octanol–water partition coefficient (Wildman–Crippen LogP) is 2.30. The number of anilines is 1. The molecule has 1 unspecified atom stereocenters. The molecule has 1 aliphatic rings. The van der Waals surface area contributed by atoms with Crippen molar-refractivity contribution in [2.75, 3.05) is 18.5 Å². The van der Waals surface area contributed by atoms with Crippen molar-refractivity contribution in [2.45, 2.75) is 57.8 Å². The van der Waals surface area contributed by atoms with E-state index < -0.39 is 62.3 Å². The second-order valence-electron chi connectivity index (χ2n) is 9.44. The molecular weight excluding hydrogens is 541 g/mol. The summed E-state index contributed by atoms with van der Waals surface area (Å²) in [5.41, 5.74) is 3.72. The zero-order valence-corrected chi connectivity index (χ0v) is 23.2. The monoisotopic (exact) mass is 575 g/mol. The van der Waals surface area contributed by atoms with Crippen LogP contribution in [-0.2, 0) is 23.4 Å². The zero-order chi connectivity index (χ0) is 30.9. The second kappa shape index (κ2) is 11.9. The Labute approximate surface area is 234 Å². The van der Waals surface area contributed by atoms with Gasteiger partial charge in [0.05, 0.1) is 40.0 Å². The van der Waals surface area contributed by atoms with E-state index >= 15 is 0 Å². The SMILES string of the molecule is [2H]C([2H])(O[P@@](=O)(C[C@@H](C)C(=O)OC(C)C)Oc1ccccc1)[C@H]1O[C@@H](n2cnc3cnc(N)nc32)C(O)(C#CC)[C@H]1O. The number of nitrogen functional groups attached to an aromatic ring is 1. The average molecular weight is 576 g/mol. The lowest BCUT2D eigenvalue weighted by atomic mass is 9.94. The number of esters is 1. The minimum atomic E-state index is -4.52. The molecule has 1 fully saturated rings. The van der Waals surface area contributed by atoms with Crippen molar-refractivity contribution >= 4 is 30.7 Å². The van der Waals surface area contributed by atoms with Gasteiger partial charge in [0.2, 0.25) is 5.95 Å². The Kier molecular flexibility index (Phi) is 7.95. The van der Waals surface area contributed by atoms with Crippen LogP contribution >= 0.6 is 7.60 Å². The first kappa shape index (κ1) is 26.7. The summed E-state index contributed by atoms with van der Waals surface area (Å²) in [4.78, 5) is 24.7. The van der Waals surface area contributed by atoms with Crippen LogP contribution in [0.3, 0.4) is 0 Å². The lowest BCUT2D eigenvalue weighted by molar-refractivity contribution is -0.151. The van der Waals surface area contributed by atoms with E-state index in [9.17, 15) is 19.6 Å². The first-order chi connectivity index (χ1) is 19.7. The van der Waals surface area contributed by atoms with Gasteiger partial charge in [0, 0.05) is 0 Å². The molecule has 0 amide bonds. The molecule has 0 bridgehead atoms. The van der Waals surface area contributed by atoms with E-state index in [1.165, 1.54) is 43.1 Å². The van der Waals surface area contributed by atoms with E-state index in [4.69, 9.17) is 27.0 Å². The molecule has 14 heteroatoms. The van der Waals surface area contributed by atoms with Crippen molar-refractivity contribution in [3.63, 3.8) is 0 Å². The number of benzene rings is 1. The summed E-state index contributed by atoms with van der Waals surface area (Å²) in [7, 11) is -4.52. The number of rotatable bonds is 10. The van der Waals surface area contributed by atoms with Gasteiger partial charge >= 0.3 is 13.6 Å². The number of ether oxygens (including phenoxy) is 2. The smallest absolute Gasteiger partial charge is 0.380 e. The van der Waals surface area contributed by atoms with Crippen LogP contribution in [0, 0.1) is 17.8 Å². The van der Waals surface area contributed by atoms with Gasteiger partial charge in [-0.05, 0) is 32.9 Å². The molecule has 3 aromatic rings. The number of hydrogen-bond acceptors (Lipinski definition) is 12. The number of carbonyl (C=O) groups is 1. The van der Waals surface area contributed by atoms with E-state index in [1.54, 1.807) is 32.0 Å². The van der Waals surface area contributed by atoms with Crippen LogP contribution in [-0.4, -0.2) is 72.3 Å². The Morgan fingerprint density at radius 3 is 2.73 bits per heavy atom. The van der Waals surface area contributed by atoms with Crippen LogP contribution in [0.2, 0.25) is 0 Å². The van der Waals surface area contributed by atoms with Gasteiger partial charge in [-0.3, -0.25) is 13.9 Å². The first-order valence-electron chi connectivity index (χ1n) is 13.4. The highest BCUT2D eigenvalue weighted by molar-refractivity contribution is 7.54. The van der Waals surface area contributed by atoms with Crippen LogP contribution in [0.15, 0.2) is 42.9 Å². The molecule has 13 nitrogen and oxygen atoms in total. The summed E-state index contributed by atoms with van der Waals surface area (Å²) in [5, 5.41) is 22.8. The molecule has 40 heavy (non-hydrogen) atoms. The molecule has 4 N–H and O–H groups in total. The average Bonchev–Trinajstić information content (AvgIpc) is 3.41. The number of fused-ring (bicyclic) bond motifs is 1. The molecule has 0 radical (unpaired) electrons. The number of aliphatic hydroxyl groups is 2. The molecule has 4 rings (SSSR count). The van der Waals surface area contributed by atoms with E-state index in [0.717, 1.165) is 0 Å². The lowest BCUT2D eigenvalue weighted by Crippen LogP contribution is -2.46. The normalized spacial score (nSPS) is 25.8. The van der Waals surface area contributed by atoms with E-state index in [-0.39, 0.29) is 22.9 Å². The molecule has 214 valence electrons. The summed E-state index contributed by atoms with van der Waals surface area (Å²) < 4.78 is 55.0. The second-order valence-corrected chi connectivity index (χ2v) is 11.4. The largest absolute Gasteiger partial charge is 0.463 e. The molecular formula is C26H32N5O8P. The van der Waals surface area contributed by atoms with Gasteiger partial charge in [0.25, 0.3) is 0 Å². The third-order valence-electron chi connectivity index (χ3n) is 5.85. The van der Waals surface area contributed by atoms with Crippen molar-refractivity contribution in [3.05, 3.63) is 42.9 Å². The molecule has 6 atom stereocenters. The summed E-state index contributed by atoms with van der Waals surface area (Å²) >= 11 is 0. The minimum Gasteiger partial charge on any atom is -0.463 e. The van der Waals surface area contributed by atoms with Crippen molar-refractivity contribution in [2.24, 2.45) is 5.92 Å². The molecule has 0 saturated carbocycles. The summed E-state index contributed by atoms with van der Waals surface area (Å²) in [6.07, 6.45) is -3.99. The van der Waals surface area contributed by atoms with Crippen LogP contribution in [0.25, 0.3) is 11.2 Å². The van der Waals surface area contributed by atoms with Gasteiger partial charge in [0.1, 0.15) is 23.5 Å². The standard InChI is InChI=1S/C26H32N5O8P/c1-5-11-26(34)21(32)20(38-24(26)31-15-29-19-12-28-25(27)30-22(19)31)13-36-40(35,39-18-9-7-6-8-10-18)14-17(4)23(33)37-16(2)3/h6-10,12,15-17,20-21,24,32,34H,13-14H2,1-4H3,(H2,27,28,30)/t17-,20-,21+,24-,26?,40+/m1/s1/i13D2. The number of aliphatic hydroxyl groups excluding tert-OH is 1. The lowest BCUT2D eigenvalue weighted by Gasteiger charge is -2.26. The number of aromatic nitrogens is 4. The molecule has 2 aromatic heterocycles. The van der Waals surface area contributed by atoms with Gasteiger partial charge in [-0.1, -0.05) is 31.0 Å². The number of nitrogens with two attached hydrogens (primary N) is 1. The number of nitrogens with zero attached hydrogens (tertiary/aromatic N) is 4. The maximum Gasteiger partial charge on any atom is 0.380 e. The van der Waals surface area contributed by atoms with Gasteiger partial charge in [-0.15, -0.1) is 5.92 Å². The Bertz CT molecular complexity index is 1550. The zero-order valence-electron chi connectivity index (χ0n) is 24.3. The van der Waals surface area contributed by atoms with Crippen LogP contribution in [0.1, 0.15) is 36.7 Å². The fraction of sp³-hybridized carbons (Fsp3) is 0.462. The molecule has 1 aliphatic heterocycles. The Hall–Kier alpha value is -3.53. The van der Waals surface area contributed by atoms with Crippen molar-refractivity contribution < 1.29 is 40.8 Å². The van der Waals surface area contributed by atoms with Crippen LogP contribution in [0.4, 0.5) is 5.95 Å². The van der Waals surface area contributed by atoms with Gasteiger partial charge in [0.15, 0.2) is 17.5 Å². The van der Waals surface area contributed by atoms with Crippen LogP contribution < -0.4 is 10.3 Å². The molecule has 0 aliphatic carbocycles. The van der Waals surface area contributed by atoms with Crippen molar-refractivity contribution in [3.8, 4) is 17.6 Å². The Balaban J connectivity index is 1.69. The van der Waals surface area contributed by atoms with Gasteiger partial charge < -0.3 is 29.9 Å². The maximum absolute atomic E-state index is 14.1. The maximum atomic E-state index is 14.1. The van der Waals surface area contributed by atoms with Crippen LogP contribution in [0.5, 0.6) is 5.75 Å². The fourth-order valence-corrected chi connectivity index (χ4v) is 5.75. The molecule has 1 aromatic carbocycles. The van der Waals surface area contributed by atoms with Gasteiger partial charge in [-0.2, -0.15) is 4.98 Å². The minimum absolute atomic E-state index is 0.0855. The highest BCUT2D eigenvalue weighted by Gasteiger charge is 2.56. The quantitative estimate of drug-likeness (QED) is 0.183. The Morgan fingerprint density at radius 2 is 2.05 bits per heavy atom. The molecule has 3 heterocycles. The third kappa shape index (κ3) is 6.27. The third-order valence-corrected chi connectivity index (χ3v) is 7.72. The number of para-hydroxylation sites is 1. The van der Waals surface area contributed by atoms with Gasteiger partial charge in [-0.25, -0.2) is 14.5 Å². The van der Waals surface area contributed by atoms with E-state index in [1.807, 2.05) is 0 Å². The summed E-state index contributed by atoms with van der Waals surface area (Å²) in [6.45, 7) is 3.09. The van der Waals surface area contributed by atoms with E-state index in [0.29, 0.717) is 0 Å². The summed E-state index contributed by atoms with van der Waals surface area (Å²) in [5.74, 6) is 3.26. The topological polar surface area (TPSA) is 181 Å². The van der Waals surface area contributed by atoms with Crippen molar-refractivity contribution in [1.82, 2.24) is 19.5 Å². The molecule has 0 spiro atoms. The predicted molar refractivity (Wildman–Crippen MR) is 144 cm³/mol. The number of hydrogen-bond donors (Lipinski definition) is 3.